The molecule has 1 aromatic heterocycles. The average Bonchev–Trinajstić information content (AvgIpc) is 2.43. The van der Waals surface area contributed by atoms with Gasteiger partial charge in [0.25, 0.3) is 0 Å². The summed E-state index contributed by atoms with van der Waals surface area (Å²) >= 11 is 0. The SMILES string of the molecule is COCC(CNc1cccc(CNCC(C)C)n1)OC. The van der Waals surface area contributed by atoms with Gasteiger partial charge in [-0.15, -0.1) is 0 Å². The Morgan fingerprint density at radius 3 is 2.65 bits per heavy atom. The molecule has 0 fully saturated rings. The molecule has 20 heavy (non-hydrogen) atoms. The predicted octanol–water partition coefficient (Wildman–Crippen LogP) is 1.90. The van der Waals surface area contributed by atoms with Crippen LogP contribution in [-0.4, -0.2) is 45.0 Å². The topological polar surface area (TPSA) is 55.4 Å². The lowest BCUT2D eigenvalue weighted by molar-refractivity contribution is 0.0365. The van der Waals surface area contributed by atoms with E-state index in [1.807, 2.05) is 18.2 Å². The maximum absolute atomic E-state index is 5.31. The Balaban J connectivity index is 2.42. The summed E-state index contributed by atoms with van der Waals surface area (Å²) in [5, 5.41) is 6.67. The van der Waals surface area contributed by atoms with Crippen molar-refractivity contribution >= 4 is 5.82 Å². The highest BCUT2D eigenvalue weighted by molar-refractivity contribution is 5.35. The van der Waals surface area contributed by atoms with Crippen LogP contribution in [0.15, 0.2) is 18.2 Å². The Bertz CT molecular complexity index is 372. The molecule has 0 saturated heterocycles. The van der Waals surface area contributed by atoms with Crippen LogP contribution >= 0.6 is 0 Å². The number of ether oxygens (including phenoxy) is 2. The fourth-order valence-corrected chi connectivity index (χ4v) is 1.78. The highest BCUT2D eigenvalue weighted by Crippen LogP contribution is 2.05. The Kier molecular flexibility index (Phi) is 8.18. The number of methoxy groups -OCH3 is 2. The van der Waals surface area contributed by atoms with E-state index in [2.05, 4.69) is 29.5 Å². The summed E-state index contributed by atoms with van der Waals surface area (Å²) in [7, 11) is 3.36. The van der Waals surface area contributed by atoms with Gasteiger partial charge in [0.15, 0.2) is 0 Å². The Morgan fingerprint density at radius 1 is 1.20 bits per heavy atom. The van der Waals surface area contributed by atoms with Gasteiger partial charge in [-0.25, -0.2) is 4.98 Å². The third kappa shape index (κ3) is 6.84. The van der Waals surface area contributed by atoms with Crippen LogP contribution in [0.3, 0.4) is 0 Å². The Morgan fingerprint density at radius 2 is 2.00 bits per heavy atom. The average molecular weight is 281 g/mol. The predicted molar refractivity (Wildman–Crippen MR) is 81.9 cm³/mol. The zero-order valence-corrected chi connectivity index (χ0v) is 13.0. The van der Waals surface area contributed by atoms with Gasteiger partial charge in [-0.3, -0.25) is 0 Å². The smallest absolute Gasteiger partial charge is 0.126 e. The van der Waals surface area contributed by atoms with E-state index in [9.17, 15) is 0 Å². The van der Waals surface area contributed by atoms with Crippen molar-refractivity contribution in [3.63, 3.8) is 0 Å². The second-order valence-corrected chi connectivity index (χ2v) is 5.23. The van der Waals surface area contributed by atoms with Crippen molar-refractivity contribution in [1.29, 1.82) is 0 Å². The minimum absolute atomic E-state index is 0.0320. The summed E-state index contributed by atoms with van der Waals surface area (Å²) in [4.78, 5) is 4.57. The van der Waals surface area contributed by atoms with Crippen LogP contribution in [0, 0.1) is 5.92 Å². The van der Waals surface area contributed by atoms with Gasteiger partial charge in [-0.05, 0) is 24.6 Å². The number of rotatable bonds is 10. The van der Waals surface area contributed by atoms with Crippen LogP contribution in [0.25, 0.3) is 0 Å². The van der Waals surface area contributed by atoms with E-state index in [-0.39, 0.29) is 6.10 Å². The van der Waals surface area contributed by atoms with Crippen LogP contribution in [0.4, 0.5) is 5.82 Å². The lowest BCUT2D eigenvalue weighted by Crippen LogP contribution is -2.27. The van der Waals surface area contributed by atoms with E-state index in [4.69, 9.17) is 9.47 Å². The summed E-state index contributed by atoms with van der Waals surface area (Å²) in [5.74, 6) is 1.51. The Hall–Kier alpha value is -1.17. The first-order valence-electron chi connectivity index (χ1n) is 7.08. The first kappa shape index (κ1) is 16.9. The van der Waals surface area contributed by atoms with Gasteiger partial charge in [0.1, 0.15) is 5.82 Å². The largest absolute Gasteiger partial charge is 0.382 e. The normalized spacial score (nSPS) is 12.7. The molecule has 0 saturated carbocycles. The number of anilines is 1. The van der Waals surface area contributed by atoms with Crippen LogP contribution in [0.5, 0.6) is 0 Å². The molecule has 0 amide bonds. The van der Waals surface area contributed by atoms with E-state index < -0.39 is 0 Å². The quantitative estimate of drug-likeness (QED) is 0.686. The molecule has 5 nitrogen and oxygen atoms in total. The van der Waals surface area contributed by atoms with E-state index in [1.54, 1.807) is 14.2 Å². The van der Waals surface area contributed by atoms with Gasteiger partial charge in [0, 0.05) is 27.3 Å². The summed E-state index contributed by atoms with van der Waals surface area (Å²) in [6.07, 6.45) is 0.0320. The number of aromatic nitrogens is 1. The van der Waals surface area contributed by atoms with Crippen molar-refractivity contribution in [2.75, 3.05) is 39.2 Å². The van der Waals surface area contributed by atoms with Gasteiger partial charge in [-0.2, -0.15) is 0 Å². The third-order valence-corrected chi connectivity index (χ3v) is 2.86. The van der Waals surface area contributed by atoms with E-state index >= 15 is 0 Å². The van der Waals surface area contributed by atoms with Crippen LogP contribution in [0.1, 0.15) is 19.5 Å². The third-order valence-electron chi connectivity index (χ3n) is 2.86. The number of nitrogens with zero attached hydrogens (tertiary/aromatic N) is 1. The fourth-order valence-electron chi connectivity index (χ4n) is 1.78. The number of nitrogens with one attached hydrogen (secondary N) is 2. The van der Waals surface area contributed by atoms with Crippen molar-refractivity contribution < 1.29 is 9.47 Å². The van der Waals surface area contributed by atoms with Gasteiger partial charge in [0.2, 0.25) is 0 Å². The van der Waals surface area contributed by atoms with Gasteiger partial charge in [0.05, 0.1) is 18.4 Å². The lowest BCUT2D eigenvalue weighted by Gasteiger charge is -2.15. The van der Waals surface area contributed by atoms with Gasteiger partial charge in [-0.1, -0.05) is 19.9 Å². The van der Waals surface area contributed by atoms with Crippen molar-refractivity contribution in [2.45, 2.75) is 26.5 Å². The molecule has 1 aromatic rings. The van der Waals surface area contributed by atoms with Crippen LogP contribution < -0.4 is 10.6 Å². The summed E-state index contributed by atoms with van der Waals surface area (Å²) in [6.45, 7) is 7.43. The Labute approximate surface area is 122 Å². The molecular weight excluding hydrogens is 254 g/mol. The molecule has 1 atom stereocenters. The molecule has 2 N–H and O–H groups in total. The van der Waals surface area contributed by atoms with Crippen LogP contribution in [0.2, 0.25) is 0 Å². The van der Waals surface area contributed by atoms with E-state index in [0.29, 0.717) is 19.1 Å². The first-order chi connectivity index (χ1) is 9.65. The minimum Gasteiger partial charge on any atom is -0.382 e. The standard InChI is InChI=1S/C15H27N3O2/c1-12(2)8-16-9-13-6-5-7-15(18-13)17-10-14(20-4)11-19-3/h5-7,12,14,16H,8-11H2,1-4H3,(H,17,18). The van der Waals surface area contributed by atoms with Crippen molar-refractivity contribution in [1.82, 2.24) is 10.3 Å². The molecule has 0 radical (unpaired) electrons. The lowest BCUT2D eigenvalue weighted by atomic mass is 10.2. The molecule has 1 heterocycles. The second kappa shape index (κ2) is 9.69. The summed E-state index contributed by atoms with van der Waals surface area (Å²) in [5.41, 5.74) is 1.04. The van der Waals surface area contributed by atoms with Crippen molar-refractivity contribution in [3.05, 3.63) is 23.9 Å². The maximum Gasteiger partial charge on any atom is 0.126 e. The van der Waals surface area contributed by atoms with E-state index in [0.717, 1.165) is 24.6 Å². The van der Waals surface area contributed by atoms with Gasteiger partial charge >= 0.3 is 0 Å². The van der Waals surface area contributed by atoms with Gasteiger partial charge < -0.3 is 20.1 Å². The highest BCUT2D eigenvalue weighted by Gasteiger charge is 2.07. The number of hydrogen-bond acceptors (Lipinski definition) is 5. The molecule has 0 aliphatic rings. The minimum atomic E-state index is 0.0320. The highest BCUT2D eigenvalue weighted by atomic mass is 16.5. The molecular formula is C15H27N3O2. The number of hydrogen-bond donors (Lipinski definition) is 2. The van der Waals surface area contributed by atoms with E-state index in [1.165, 1.54) is 0 Å². The monoisotopic (exact) mass is 281 g/mol. The zero-order valence-electron chi connectivity index (χ0n) is 13.0. The molecule has 1 rings (SSSR count). The first-order valence-corrected chi connectivity index (χ1v) is 7.08. The van der Waals surface area contributed by atoms with Crippen molar-refractivity contribution in [3.8, 4) is 0 Å². The summed E-state index contributed by atoms with van der Waals surface area (Å²) < 4.78 is 10.4. The molecule has 114 valence electrons. The second-order valence-electron chi connectivity index (χ2n) is 5.23. The number of pyridine rings is 1. The summed E-state index contributed by atoms with van der Waals surface area (Å²) in [6, 6.07) is 6.01. The molecule has 5 heteroatoms. The molecule has 0 spiro atoms. The fraction of sp³-hybridized carbons (Fsp3) is 0.667. The molecule has 0 bridgehead atoms. The molecule has 0 aliphatic carbocycles. The maximum atomic E-state index is 5.31. The molecule has 1 unspecified atom stereocenters. The zero-order chi connectivity index (χ0) is 14.8. The molecule has 0 aromatic carbocycles. The molecule has 0 aliphatic heterocycles. The van der Waals surface area contributed by atoms with Crippen molar-refractivity contribution in [2.24, 2.45) is 5.92 Å². The van der Waals surface area contributed by atoms with Crippen LogP contribution in [-0.2, 0) is 16.0 Å².